The Morgan fingerprint density at radius 3 is 2.85 bits per heavy atom. The van der Waals surface area contributed by atoms with E-state index in [0.29, 0.717) is 17.9 Å². The van der Waals surface area contributed by atoms with E-state index in [4.69, 9.17) is 0 Å². The first-order chi connectivity index (χ1) is 9.63. The number of carbonyl (C=O) groups excluding carboxylic acids is 1. The number of nitrogens with zero attached hydrogens (tertiary/aromatic N) is 1. The third-order valence-corrected chi connectivity index (χ3v) is 2.76. The molecule has 0 radical (unpaired) electrons. The molecule has 1 heterocycles. The molecule has 3 N–H and O–H groups in total. The predicted octanol–water partition coefficient (Wildman–Crippen LogP) is 1.78. The Hall–Kier alpha value is -2.76. The van der Waals surface area contributed by atoms with E-state index in [1.165, 1.54) is 4.57 Å². The lowest BCUT2D eigenvalue weighted by Crippen LogP contribution is -2.29. The Morgan fingerprint density at radius 2 is 2.20 bits per heavy atom. The van der Waals surface area contributed by atoms with Gasteiger partial charge in [0.05, 0.1) is 11.4 Å². The standard InChI is InChI=1S/C14H16N4O2/c1-3-8-15-13(19)17-11-6-4-5-7-12(11)18-10(2)9-16-14(18)20/h3-7,9H,1,8H2,2H3,(H,16,20)(H2,15,17,19). The molecule has 1 aromatic heterocycles. The summed E-state index contributed by atoms with van der Waals surface area (Å²) >= 11 is 0. The Kier molecular flexibility index (Phi) is 4.05. The Balaban J connectivity index is 2.34. The van der Waals surface area contributed by atoms with Gasteiger partial charge in [0.2, 0.25) is 0 Å². The summed E-state index contributed by atoms with van der Waals surface area (Å²) in [4.78, 5) is 26.1. The first kappa shape index (κ1) is 13.7. The molecule has 0 aliphatic rings. The molecule has 0 saturated carbocycles. The van der Waals surface area contributed by atoms with Crippen molar-refractivity contribution in [3.05, 3.63) is 59.3 Å². The number of para-hydroxylation sites is 2. The second-order valence-electron chi connectivity index (χ2n) is 4.21. The molecule has 0 aliphatic carbocycles. The number of hydrogen-bond donors (Lipinski definition) is 3. The fraction of sp³-hybridized carbons (Fsp3) is 0.143. The van der Waals surface area contributed by atoms with Crippen LogP contribution in [0.2, 0.25) is 0 Å². The molecule has 2 rings (SSSR count). The fourth-order valence-corrected chi connectivity index (χ4v) is 1.86. The highest BCUT2D eigenvalue weighted by molar-refractivity contribution is 5.91. The second-order valence-corrected chi connectivity index (χ2v) is 4.21. The van der Waals surface area contributed by atoms with E-state index in [9.17, 15) is 9.59 Å². The molecule has 0 atom stereocenters. The highest BCUT2D eigenvalue weighted by Gasteiger charge is 2.11. The zero-order valence-electron chi connectivity index (χ0n) is 11.1. The molecule has 1 aromatic carbocycles. The summed E-state index contributed by atoms with van der Waals surface area (Å²) in [7, 11) is 0. The summed E-state index contributed by atoms with van der Waals surface area (Å²) in [5.74, 6) is 0. The molecule has 6 nitrogen and oxygen atoms in total. The number of nitrogens with one attached hydrogen (secondary N) is 3. The molecule has 20 heavy (non-hydrogen) atoms. The highest BCUT2D eigenvalue weighted by atomic mass is 16.2. The van der Waals surface area contributed by atoms with E-state index in [-0.39, 0.29) is 11.7 Å². The molecule has 0 fully saturated rings. The summed E-state index contributed by atoms with van der Waals surface area (Å²) in [6, 6.07) is 6.76. The summed E-state index contributed by atoms with van der Waals surface area (Å²) < 4.78 is 1.50. The van der Waals surface area contributed by atoms with Crippen LogP contribution in [0.15, 0.2) is 47.9 Å². The third-order valence-electron chi connectivity index (χ3n) is 2.76. The van der Waals surface area contributed by atoms with Crippen LogP contribution in [0.5, 0.6) is 0 Å². The van der Waals surface area contributed by atoms with Crippen LogP contribution in [0.1, 0.15) is 5.69 Å². The van der Waals surface area contributed by atoms with E-state index in [1.807, 2.05) is 6.92 Å². The summed E-state index contributed by atoms with van der Waals surface area (Å²) in [6.07, 6.45) is 3.21. The molecule has 0 unspecified atom stereocenters. The van der Waals surface area contributed by atoms with Gasteiger partial charge in [-0.2, -0.15) is 0 Å². The van der Waals surface area contributed by atoms with Crippen LogP contribution >= 0.6 is 0 Å². The molecule has 2 amide bonds. The first-order valence-electron chi connectivity index (χ1n) is 6.15. The lowest BCUT2D eigenvalue weighted by atomic mass is 10.2. The number of urea groups is 1. The maximum Gasteiger partial charge on any atom is 0.330 e. The van der Waals surface area contributed by atoms with Crippen molar-refractivity contribution in [1.29, 1.82) is 0 Å². The molecular formula is C14H16N4O2. The minimum atomic E-state index is -0.349. The van der Waals surface area contributed by atoms with Crippen molar-refractivity contribution in [2.75, 3.05) is 11.9 Å². The number of benzene rings is 1. The van der Waals surface area contributed by atoms with Gasteiger partial charge in [0.15, 0.2) is 0 Å². The summed E-state index contributed by atoms with van der Waals surface area (Å²) in [5.41, 5.74) is 1.68. The van der Waals surface area contributed by atoms with Crippen LogP contribution in [-0.2, 0) is 0 Å². The maximum atomic E-state index is 11.8. The minimum Gasteiger partial charge on any atom is -0.334 e. The number of carbonyl (C=O) groups is 1. The van der Waals surface area contributed by atoms with Crippen LogP contribution in [0, 0.1) is 6.92 Å². The van der Waals surface area contributed by atoms with E-state index < -0.39 is 0 Å². The van der Waals surface area contributed by atoms with Gasteiger partial charge in [-0.3, -0.25) is 4.57 Å². The fourth-order valence-electron chi connectivity index (χ4n) is 1.86. The first-order valence-corrected chi connectivity index (χ1v) is 6.15. The largest absolute Gasteiger partial charge is 0.334 e. The quantitative estimate of drug-likeness (QED) is 0.742. The number of H-pyrrole nitrogens is 1. The van der Waals surface area contributed by atoms with Crippen molar-refractivity contribution in [3.63, 3.8) is 0 Å². The van der Waals surface area contributed by atoms with Crippen LogP contribution in [0.4, 0.5) is 10.5 Å². The number of aromatic amines is 1. The van der Waals surface area contributed by atoms with Gasteiger partial charge >= 0.3 is 11.7 Å². The zero-order valence-corrected chi connectivity index (χ0v) is 11.1. The normalized spacial score (nSPS) is 10.1. The number of amides is 2. The van der Waals surface area contributed by atoms with Crippen molar-refractivity contribution in [2.24, 2.45) is 0 Å². The lowest BCUT2D eigenvalue weighted by Gasteiger charge is -2.12. The molecule has 104 valence electrons. The van der Waals surface area contributed by atoms with Gasteiger partial charge in [-0.05, 0) is 19.1 Å². The number of imidazole rings is 1. The molecule has 0 saturated heterocycles. The molecule has 2 aromatic rings. The van der Waals surface area contributed by atoms with E-state index in [0.717, 1.165) is 5.69 Å². The molecule has 6 heteroatoms. The van der Waals surface area contributed by atoms with Crippen LogP contribution in [-0.4, -0.2) is 22.1 Å². The average Bonchev–Trinajstić information content (AvgIpc) is 2.77. The Morgan fingerprint density at radius 1 is 1.45 bits per heavy atom. The minimum absolute atomic E-state index is 0.247. The number of aryl methyl sites for hydroxylation is 1. The van der Waals surface area contributed by atoms with Crippen molar-refractivity contribution in [2.45, 2.75) is 6.92 Å². The smallest absolute Gasteiger partial charge is 0.330 e. The maximum absolute atomic E-state index is 11.8. The SMILES string of the molecule is C=CCNC(=O)Nc1ccccc1-n1c(C)c[nH]c1=O. The van der Waals surface area contributed by atoms with Gasteiger partial charge in [0, 0.05) is 18.4 Å². The molecule has 0 aliphatic heterocycles. The van der Waals surface area contributed by atoms with Gasteiger partial charge in [-0.15, -0.1) is 6.58 Å². The van der Waals surface area contributed by atoms with Crippen LogP contribution in [0.25, 0.3) is 5.69 Å². The van der Waals surface area contributed by atoms with E-state index in [1.54, 1.807) is 36.5 Å². The Bertz CT molecular complexity index is 684. The number of aromatic nitrogens is 2. The molecule has 0 bridgehead atoms. The van der Waals surface area contributed by atoms with Crippen molar-refractivity contribution in [1.82, 2.24) is 14.9 Å². The zero-order chi connectivity index (χ0) is 14.5. The summed E-state index contributed by atoms with van der Waals surface area (Å²) in [6.45, 7) is 5.71. The topological polar surface area (TPSA) is 78.9 Å². The number of rotatable bonds is 4. The predicted molar refractivity (Wildman–Crippen MR) is 78.3 cm³/mol. The lowest BCUT2D eigenvalue weighted by molar-refractivity contribution is 0.253. The van der Waals surface area contributed by atoms with Gasteiger partial charge in [0.25, 0.3) is 0 Å². The Labute approximate surface area is 116 Å². The van der Waals surface area contributed by atoms with Crippen LogP contribution in [0.3, 0.4) is 0 Å². The van der Waals surface area contributed by atoms with Crippen molar-refractivity contribution < 1.29 is 4.79 Å². The van der Waals surface area contributed by atoms with Gasteiger partial charge in [-0.1, -0.05) is 18.2 Å². The van der Waals surface area contributed by atoms with Crippen LogP contribution < -0.4 is 16.3 Å². The summed E-state index contributed by atoms with van der Waals surface area (Å²) in [5, 5.41) is 5.34. The van der Waals surface area contributed by atoms with Gasteiger partial charge in [-0.25, -0.2) is 9.59 Å². The van der Waals surface area contributed by atoms with Crippen molar-refractivity contribution >= 4 is 11.7 Å². The third kappa shape index (κ3) is 2.80. The monoisotopic (exact) mass is 272 g/mol. The van der Waals surface area contributed by atoms with Gasteiger partial charge < -0.3 is 15.6 Å². The number of hydrogen-bond acceptors (Lipinski definition) is 2. The second kappa shape index (κ2) is 5.92. The van der Waals surface area contributed by atoms with Crippen molar-refractivity contribution in [3.8, 4) is 5.69 Å². The molecule has 0 spiro atoms. The van der Waals surface area contributed by atoms with E-state index >= 15 is 0 Å². The highest BCUT2D eigenvalue weighted by Crippen LogP contribution is 2.19. The molecular weight excluding hydrogens is 256 g/mol. The van der Waals surface area contributed by atoms with Gasteiger partial charge in [0.1, 0.15) is 0 Å². The average molecular weight is 272 g/mol. The number of anilines is 1. The van der Waals surface area contributed by atoms with E-state index in [2.05, 4.69) is 22.2 Å².